The van der Waals surface area contributed by atoms with Gasteiger partial charge in [-0.3, -0.25) is 9.80 Å². The number of carbonyl (C=O) groups excluding carboxylic acids is 1. The van der Waals surface area contributed by atoms with Crippen molar-refractivity contribution in [1.82, 2.24) is 9.91 Å². The van der Waals surface area contributed by atoms with Crippen LogP contribution in [0.1, 0.15) is 19.8 Å². The number of likely N-dealkylation sites (tertiary alicyclic amines) is 1. The molecule has 1 fully saturated rings. The zero-order chi connectivity index (χ0) is 22.9. The van der Waals surface area contributed by atoms with Gasteiger partial charge in [0, 0.05) is 37.5 Å². The topological polar surface area (TPSA) is 105 Å². The molecule has 1 saturated heterocycles. The molecule has 9 heteroatoms. The van der Waals surface area contributed by atoms with E-state index in [0.717, 1.165) is 36.0 Å². The standard InChI is InChI=1S/C23H30N6O3/c1-5-20(30)28-7-6-15(12-28)13-29-22-18(9-19(24)25-14-26-22)21(27-29)23(2)10-16(31-3)8-17(11-23)32-4/h5,8-10,14-15,18H,1,6-7,11-13,24H2,2-4H3. The lowest BCUT2D eigenvalue weighted by atomic mass is 9.73. The van der Waals surface area contributed by atoms with Crippen LogP contribution in [0.4, 0.5) is 0 Å². The largest absolute Gasteiger partial charge is 0.501 e. The second-order valence-corrected chi connectivity index (χ2v) is 8.67. The molecular formula is C23H30N6O3. The summed E-state index contributed by atoms with van der Waals surface area (Å²) in [5.41, 5.74) is 6.56. The number of hydrogen-bond acceptors (Lipinski definition) is 8. The summed E-state index contributed by atoms with van der Waals surface area (Å²) >= 11 is 0. The van der Waals surface area contributed by atoms with Crippen LogP contribution < -0.4 is 5.73 Å². The molecule has 170 valence electrons. The first kappa shape index (κ1) is 21.9. The minimum atomic E-state index is -0.451. The van der Waals surface area contributed by atoms with Gasteiger partial charge >= 0.3 is 0 Å². The smallest absolute Gasteiger partial charge is 0.245 e. The Morgan fingerprint density at radius 3 is 2.94 bits per heavy atom. The number of nitrogens with zero attached hydrogens (tertiary/aromatic N) is 5. The molecular weight excluding hydrogens is 408 g/mol. The maximum atomic E-state index is 12.0. The van der Waals surface area contributed by atoms with Crippen molar-refractivity contribution in [2.45, 2.75) is 19.8 Å². The molecule has 1 aliphatic carbocycles. The van der Waals surface area contributed by atoms with Crippen LogP contribution in [0.5, 0.6) is 0 Å². The van der Waals surface area contributed by atoms with Crippen molar-refractivity contribution in [2.75, 3.05) is 33.9 Å². The number of aliphatic imine (C=N–C) groups is 2. The Kier molecular flexibility index (Phi) is 5.90. The number of methoxy groups -OCH3 is 2. The third kappa shape index (κ3) is 4.06. The molecule has 4 aliphatic rings. The molecule has 3 unspecified atom stereocenters. The Balaban J connectivity index is 1.65. The first-order chi connectivity index (χ1) is 15.4. The molecule has 0 aromatic rings. The van der Waals surface area contributed by atoms with E-state index in [2.05, 4.69) is 29.6 Å². The van der Waals surface area contributed by atoms with Gasteiger partial charge < -0.3 is 20.1 Å². The maximum Gasteiger partial charge on any atom is 0.245 e. The van der Waals surface area contributed by atoms with Crippen molar-refractivity contribution in [1.29, 1.82) is 0 Å². The van der Waals surface area contributed by atoms with Crippen LogP contribution in [0.25, 0.3) is 0 Å². The van der Waals surface area contributed by atoms with E-state index in [0.29, 0.717) is 25.3 Å². The number of fused-ring (bicyclic) bond motifs is 1. The quantitative estimate of drug-likeness (QED) is 0.639. The Morgan fingerprint density at radius 2 is 2.22 bits per heavy atom. The van der Waals surface area contributed by atoms with Gasteiger partial charge in [-0.2, -0.15) is 5.10 Å². The molecule has 3 atom stereocenters. The molecule has 1 amide bonds. The maximum absolute atomic E-state index is 12.0. The average Bonchev–Trinajstić information content (AvgIpc) is 3.33. The van der Waals surface area contributed by atoms with Crippen LogP contribution in [0.3, 0.4) is 0 Å². The fourth-order valence-corrected chi connectivity index (χ4v) is 4.75. The predicted molar refractivity (Wildman–Crippen MR) is 124 cm³/mol. The first-order valence-electron chi connectivity index (χ1n) is 10.7. The van der Waals surface area contributed by atoms with Gasteiger partial charge in [0.05, 0.1) is 25.8 Å². The summed E-state index contributed by atoms with van der Waals surface area (Å²) in [6.07, 6.45) is 10.3. The third-order valence-electron chi connectivity index (χ3n) is 6.39. The van der Waals surface area contributed by atoms with E-state index in [1.54, 1.807) is 14.2 Å². The average molecular weight is 439 g/mol. The highest BCUT2D eigenvalue weighted by atomic mass is 16.5. The summed E-state index contributed by atoms with van der Waals surface area (Å²) in [5, 5.41) is 6.99. The molecule has 9 nitrogen and oxygen atoms in total. The monoisotopic (exact) mass is 438 g/mol. The SMILES string of the molecule is C=CC(=O)N1CCC(CN2N=C(C3(C)C=C(OC)C=C(OC)C3)C3C=C(N)N=CN=C32)C1. The number of allylic oxidation sites excluding steroid dienone is 3. The molecule has 0 bridgehead atoms. The van der Waals surface area contributed by atoms with Gasteiger partial charge in [0.25, 0.3) is 0 Å². The zero-order valence-corrected chi connectivity index (χ0v) is 18.8. The van der Waals surface area contributed by atoms with Gasteiger partial charge in [0.2, 0.25) is 5.91 Å². The van der Waals surface area contributed by atoms with Gasteiger partial charge in [0.1, 0.15) is 29.5 Å². The van der Waals surface area contributed by atoms with E-state index < -0.39 is 5.41 Å². The molecule has 0 aromatic heterocycles. The van der Waals surface area contributed by atoms with Crippen molar-refractivity contribution in [2.24, 2.45) is 38.1 Å². The number of ether oxygens (including phenoxy) is 2. The van der Waals surface area contributed by atoms with E-state index in [-0.39, 0.29) is 17.7 Å². The minimum absolute atomic E-state index is 0.0310. The van der Waals surface area contributed by atoms with E-state index in [9.17, 15) is 4.79 Å². The number of nitrogens with two attached hydrogens (primary N) is 1. The van der Waals surface area contributed by atoms with E-state index in [1.807, 2.05) is 22.1 Å². The summed E-state index contributed by atoms with van der Waals surface area (Å²) in [5.74, 6) is 2.79. The molecule has 0 spiro atoms. The predicted octanol–water partition coefficient (Wildman–Crippen LogP) is 2.02. The second kappa shape index (κ2) is 8.64. The van der Waals surface area contributed by atoms with Gasteiger partial charge in [-0.1, -0.05) is 13.5 Å². The molecule has 4 rings (SSSR count). The molecule has 32 heavy (non-hydrogen) atoms. The Labute approximate surface area is 188 Å². The summed E-state index contributed by atoms with van der Waals surface area (Å²) < 4.78 is 11.1. The van der Waals surface area contributed by atoms with Crippen LogP contribution >= 0.6 is 0 Å². The molecule has 3 aliphatic heterocycles. The molecule has 3 heterocycles. The number of rotatable bonds is 6. The van der Waals surface area contributed by atoms with E-state index >= 15 is 0 Å². The molecule has 2 N–H and O–H groups in total. The Morgan fingerprint density at radius 1 is 1.41 bits per heavy atom. The van der Waals surface area contributed by atoms with Crippen molar-refractivity contribution < 1.29 is 14.3 Å². The van der Waals surface area contributed by atoms with Crippen LogP contribution in [-0.2, 0) is 14.3 Å². The highest BCUT2D eigenvalue weighted by Gasteiger charge is 2.45. The lowest BCUT2D eigenvalue weighted by Gasteiger charge is -2.32. The van der Waals surface area contributed by atoms with Gasteiger partial charge in [-0.05, 0) is 30.6 Å². The van der Waals surface area contributed by atoms with Crippen LogP contribution in [0.15, 0.2) is 63.3 Å². The molecule has 0 aromatic carbocycles. The summed E-state index contributed by atoms with van der Waals surface area (Å²) in [6, 6.07) is 0. The van der Waals surface area contributed by atoms with Gasteiger partial charge in [0.15, 0.2) is 0 Å². The van der Waals surface area contributed by atoms with Crippen LogP contribution in [-0.4, -0.2) is 67.6 Å². The lowest BCUT2D eigenvalue weighted by Crippen LogP contribution is -2.36. The lowest BCUT2D eigenvalue weighted by molar-refractivity contribution is -0.125. The Bertz CT molecular complexity index is 992. The number of hydrogen-bond donors (Lipinski definition) is 1. The minimum Gasteiger partial charge on any atom is -0.501 e. The van der Waals surface area contributed by atoms with Crippen LogP contribution in [0, 0.1) is 17.3 Å². The number of hydrazone groups is 1. The highest BCUT2D eigenvalue weighted by molar-refractivity contribution is 6.16. The molecule has 0 radical (unpaired) electrons. The van der Waals surface area contributed by atoms with Gasteiger partial charge in [-0.15, -0.1) is 0 Å². The summed E-state index contributed by atoms with van der Waals surface area (Å²) in [4.78, 5) is 22.6. The number of amidine groups is 1. The molecule has 0 saturated carbocycles. The third-order valence-corrected chi connectivity index (χ3v) is 6.39. The van der Waals surface area contributed by atoms with Crippen molar-refractivity contribution in [3.05, 3.63) is 48.2 Å². The van der Waals surface area contributed by atoms with E-state index in [1.165, 1.54) is 12.4 Å². The first-order valence-corrected chi connectivity index (χ1v) is 10.7. The highest BCUT2D eigenvalue weighted by Crippen LogP contribution is 2.41. The fraction of sp³-hybridized carbons (Fsp3) is 0.478. The van der Waals surface area contributed by atoms with Crippen molar-refractivity contribution in [3.8, 4) is 0 Å². The number of amides is 1. The normalized spacial score (nSPS) is 29.3. The van der Waals surface area contributed by atoms with Crippen LogP contribution in [0.2, 0.25) is 0 Å². The second-order valence-electron chi connectivity index (χ2n) is 8.67. The van der Waals surface area contributed by atoms with Crippen molar-refractivity contribution >= 4 is 23.8 Å². The summed E-state index contributed by atoms with van der Waals surface area (Å²) in [7, 11) is 3.30. The fourth-order valence-electron chi connectivity index (χ4n) is 4.75. The van der Waals surface area contributed by atoms with Crippen molar-refractivity contribution in [3.63, 3.8) is 0 Å². The van der Waals surface area contributed by atoms with E-state index in [4.69, 9.17) is 20.3 Å². The van der Waals surface area contributed by atoms with Gasteiger partial charge in [-0.25, -0.2) is 9.98 Å². The summed E-state index contributed by atoms with van der Waals surface area (Å²) in [6.45, 7) is 7.78. The Hall–Kier alpha value is -3.36. The zero-order valence-electron chi connectivity index (χ0n) is 18.8. The number of carbonyl (C=O) groups is 1.